The fraction of sp³-hybridized carbons (Fsp3) is 0.673. The lowest BCUT2D eigenvalue weighted by atomic mass is 9.78. The topological polar surface area (TPSA) is 353 Å². The van der Waals surface area contributed by atoms with Gasteiger partial charge in [0.05, 0.1) is 46.4 Å². The molecular formula is C98H136N4O20S2. The minimum Gasteiger partial charge on any atom is -0.489 e. The smallest absolute Gasteiger partial charge is 0.310 e. The summed E-state index contributed by atoms with van der Waals surface area (Å²) in [7, 11) is 0. The third kappa shape index (κ3) is 27.9. The summed E-state index contributed by atoms with van der Waals surface area (Å²) in [4.78, 5) is 155. The fourth-order valence-electron chi connectivity index (χ4n) is 18.5. The number of benzene rings is 2. The summed E-state index contributed by atoms with van der Waals surface area (Å²) in [6.45, 7) is 19.7. The average Bonchev–Trinajstić information content (AvgIpc) is 1.59. The number of rotatable bonds is 44. The lowest BCUT2D eigenvalue weighted by Crippen LogP contribution is -2.41. The van der Waals surface area contributed by atoms with Gasteiger partial charge in [-0.3, -0.25) is 67.3 Å². The molecule has 0 bridgehead atoms. The third-order valence-electron chi connectivity index (χ3n) is 26.0. The lowest BCUT2D eigenvalue weighted by molar-refractivity contribution is -0.161. The van der Waals surface area contributed by atoms with Crippen molar-refractivity contribution in [3.63, 3.8) is 0 Å². The van der Waals surface area contributed by atoms with E-state index in [2.05, 4.69) is 34.3 Å². The number of ether oxygens (including phenoxy) is 4. The van der Waals surface area contributed by atoms with Gasteiger partial charge in [0.15, 0.2) is 0 Å². The van der Waals surface area contributed by atoms with E-state index in [0.29, 0.717) is 90.1 Å². The molecule has 4 heterocycles. The molecule has 4 aliphatic carbocycles. The van der Waals surface area contributed by atoms with Crippen LogP contribution in [0.1, 0.15) is 283 Å². The number of thioether (sulfide) groups is 2. The zero-order chi connectivity index (χ0) is 90.0. The summed E-state index contributed by atoms with van der Waals surface area (Å²) in [5, 5.41) is 45.8. The maximum absolute atomic E-state index is 14.1. The van der Waals surface area contributed by atoms with E-state index in [1.54, 1.807) is 26.0 Å². The van der Waals surface area contributed by atoms with Gasteiger partial charge in [0.1, 0.15) is 47.5 Å². The number of aliphatic carboxylic acids is 2. The van der Waals surface area contributed by atoms with Crippen LogP contribution in [-0.4, -0.2) is 186 Å². The number of amides is 6. The number of imide groups is 2. The molecule has 18 atom stereocenters. The Kier molecular flexibility index (Phi) is 38.5. The Morgan fingerprint density at radius 3 is 1.26 bits per heavy atom. The number of nitrogens with one attached hydrogen (secondary N) is 2. The van der Waals surface area contributed by atoms with E-state index in [0.717, 1.165) is 122 Å². The van der Waals surface area contributed by atoms with Crippen LogP contribution >= 0.6 is 23.5 Å². The predicted octanol–water partition coefficient (Wildman–Crippen LogP) is 14.4. The van der Waals surface area contributed by atoms with E-state index in [1.165, 1.54) is 33.3 Å². The summed E-state index contributed by atoms with van der Waals surface area (Å²) >= 11 is 3.00. The molecule has 2 aromatic rings. The van der Waals surface area contributed by atoms with Gasteiger partial charge >= 0.3 is 23.9 Å². The highest BCUT2D eigenvalue weighted by molar-refractivity contribution is 8.00. The molecule has 2 saturated heterocycles. The highest BCUT2D eigenvalue weighted by atomic mass is 32.2. The number of carboxylic acids is 2. The van der Waals surface area contributed by atoms with Crippen LogP contribution in [0.4, 0.5) is 0 Å². The van der Waals surface area contributed by atoms with Gasteiger partial charge in [0.25, 0.3) is 0 Å². The van der Waals surface area contributed by atoms with Gasteiger partial charge in [-0.15, -0.1) is 47.2 Å². The Balaban J connectivity index is 0.000000281. The van der Waals surface area contributed by atoms with Gasteiger partial charge in [0.2, 0.25) is 35.4 Å². The number of likely N-dealkylation sites (tertiary alicyclic amines) is 2. The summed E-state index contributed by atoms with van der Waals surface area (Å²) < 4.78 is 25.9. The number of aryl methyl sites for hydroxylation is 2. The number of carboxylic acid groups (broad SMARTS) is 2. The number of nitrogens with zero attached hydrogens (tertiary/aromatic N) is 2. The molecule has 24 nitrogen and oxygen atoms in total. The molecule has 6 amide bonds. The Bertz CT molecular complexity index is 3990. The van der Waals surface area contributed by atoms with Crippen LogP contribution in [0.15, 0.2) is 60.7 Å². The number of hydrogen-bond donors (Lipinski definition) is 6. The number of carbonyl (C=O) groups excluding carboxylic acids is 10. The molecule has 2 aromatic carbocycles. The largest absolute Gasteiger partial charge is 0.489 e. The van der Waals surface area contributed by atoms with Crippen LogP contribution in [0, 0.1) is 81.9 Å². The normalized spacial score (nSPS) is 25.4. The van der Waals surface area contributed by atoms with Crippen LogP contribution in [-0.2, 0) is 79.8 Å². The average molecular weight is 1750 g/mol. The van der Waals surface area contributed by atoms with Gasteiger partial charge in [-0.1, -0.05) is 167 Å². The van der Waals surface area contributed by atoms with Gasteiger partial charge in [-0.25, -0.2) is 0 Å². The number of hydrogen-bond acceptors (Lipinski definition) is 20. The zero-order valence-corrected chi connectivity index (χ0v) is 76.3. The number of aliphatic hydroxyl groups is 2. The first-order chi connectivity index (χ1) is 59.2. The minimum absolute atomic E-state index is 0.0276. The molecule has 8 aliphatic rings. The molecule has 10 rings (SSSR count). The first-order valence-electron chi connectivity index (χ1n) is 45.7. The molecule has 0 aromatic heterocycles. The maximum atomic E-state index is 14.1. The summed E-state index contributed by atoms with van der Waals surface area (Å²) in [5.74, 6) is 8.41. The fourth-order valence-corrected chi connectivity index (χ4v) is 20.8. The van der Waals surface area contributed by atoms with E-state index < -0.39 is 81.4 Å². The molecule has 2 unspecified atom stereocenters. The Morgan fingerprint density at radius 1 is 0.524 bits per heavy atom. The van der Waals surface area contributed by atoms with Gasteiger partial charge in [-0.05, 0) is 125 Å². The monoisotopic (exact) mass is 1750 g/mol. The SMILES string of the molecule is CC#CC[C@H](C)[C@H](O)/C=C/[C@@H]1[C@H]2c3cccc(CCCC(=O)O)c3O[C@H]2C[C@H]1OC(=O)[C@@H]1CCCC[C@@H]1C(=O)NCCCCCCSC1CC(=O)N(CCC(=O)C(C)(C)C)C1=O.CC#CC[C@H](C)[C@H](O)/C=C/[C@@H]1[C@H]2c3cccc(CCCC(=O)O)c3O[C@H]2C[C@H]1OC(=O)[C@H]1CCCC[C@H]1C(=O)NCCCCCCSC1CC(=O)N(CCC(=O)C(C)(C)C)C1=O. The van der Waals surface area contributed by atoms with Gasteiger partial charge in [-0.2, -0.15) is 0 Å². The van der Waals surface area contributed by atoms with Gasteiger partial charge < -0.3 is 50.0 Å². The number of unbranched alkanes of at least 4 members (excludes halogenated alkanes) is 6. The number of para-hydroxylation sites is 2. The number of aliphatic hydroxyl groups excluding tert-OH is 2. The quantitative estimate of drug-likeness (QED) is 0.0118. The van der Waals surface area contributed by atoms with Crippen molar-refractivity contribution in [3.8, 4) is 35.2 Å². The number of ketones is 2. The minimum atomic E-state index is -0.837. The van der Waals surface area contributed by atoms with Crippen LogP contribution in [0.5, 0.6) is 11.5 Å². The standard InChI is InChI=1S/2C49H68N2O10S/c2*1-6-7-16-31(2)37(52)24-23-35-38(29-39-44(35)36-21-14-17-32(45(36)60-39)18-15-22-43(55)56)61-48(59)34-20-11-10-19-33(34)46(57)50-26-12-8-9-13-28-62-40-30-42(54)51(47(40)58)27-25-41(53)49(3,4)5/h2*14,17,21,23-24,31,33-35,37-40,44,52H,8-13,15-16,18-20,22,25-30H2,1-5H3,(H,50,57)(H,55,56)/b2*24-23+/t31-,33+,34-,35-,37+,38+,39-,40?,44-;31-,33-,34+,35-,37+,38+,39-,40?,44-/m00/s1. The first kappa shape index (κ1) is 99.5. The summed E-state index contributed by atoms with van der Waals surface area (Å²) in [5.41, 5.74) is 2.91. The van der Waals surface area contributed by atoms with Crippen molar-refractivity contribution in [2.75, 3.05) is 37.7 Å². The molecule has 6 N–H and O–H groups in total. The van der Waals surface area contributed by atoms with E-state index in [9.17, 15) is 78.0 Å². The summed E-state index contributed by atoms with van der Waals surface area (Å²) in [6.07, 6.45) is 22.1. The van der Waals surface area contributed by atoms with E-state index in [4.69, 9.17) is 18.9 Å². The highest BCUT2D eigenvalue weighted by Gasteiger charge is 2.54. The molecule has 4 aliphatic heterocycles. The number of carbonyl (C=O) groups is 12. The Labute approximate surface area is 742 Å². The summed E-state index contributed by atoms with van der Waals surface area (Å²) in [6, 6.07) is 11.9. The van der Waals surface area contributed by atoms with Crippen LogP contribution < -0.4 is 20.1 Å². The van der Waals surface area contributed by atoms with E-state index in [-0.39, 0.29) is 158 Å². The number of Topliss-reactive ketones (excluding diaryl/α,β-unsaturated/α-hetero) is 2. The lowest BCUT2D eigenvalue weighted by Gasteiger charge is -2.31. The van der Waals surface area contributed by atoms with Crippen LogP contribution in [0.2, 0.25) is 0 Å². The Hall–Kier alpha value is -8.30. The van der Waals surface area contributed by atoms with Crippen molar-refractivity contribution in [2.24, 2.45) is 58.2 Å². The van der Waals surface area contributed by atoms with Crippen LogP contribution in [0.3, 0.4) is 0 Å². The number of fused-ring (bicyclic) bond motifs is 6. The second-order valence-corrected chi connectivity index (χ2v) is 39.8. The molecular weight excluding hydrogens is 1620 g/mol. The number of esters is 2. The van der Waals surface area contributed by atoms with Crippen molar-refractivity contribution in [1.82, 2.24) is 20.4 Å². The second kappa shape index (κ2) is 48.0. The van der Waals surface area contributed by atoms with Crippen molar-refractivity contribution in [1.29, 1.82) is 0 Å². The van der Waals surface area contributed by atoms with Crippen LogP contribution in [0.25, 0.3) is 0 Å². The molecule has 124 heavy (non-hydrogen) atoms. The molecule has 0 radical (unpaired) electrons. The maximum Gasteiger partial charge on any atom is 0.310 e. The third-order valence-corrected chi connectivity index (χ3v) is 28.5. The zero-order valence-electron chi connectivity index (χ0n) is 74.7. The predicted molar refractivity (Wildman–Crippen MR) is 476 cm³/mol. The van der Waals surface area contributed by atoms with E-state index >= 15 is 0 Å². The van der Waals surface area contributed by atoms with Gasteiger partial charge in [0, 0.05) is 136 Å². The van der Waals surface area contributed by atoms with Crippen molar-refractivity contribution in [3.05, 3.63) is 83.0 Å². The molecule has 26 heteroatoms. The van der Waals surface area contributed by atoms with E-state index in [1.807, 2.05) is 104 Å². The molecule has 680 valence electrons. The molecule has 6 fully saturated rings. The second-order valence-electron chi connectivity index (χ2n) is 37.2. The Morgan fingerprint density at radius 2 is 0.895 bits per heavy atom. The van der Waals surface area contributed by atoms with Crippen molar-refractivity contribution >= 4 is 94.4 Å². The molecule has 4 saturated carbocycles. The van der Waals surface area contributed by atoms with Crippen molar-refractivity contribution in [2.45, 2.75) is 321 Å². The van der Waals surface area contributed by atoms with Crippen molar-refractivity contribution < 1.29 is 96.9 Å². The highest BCUT2D eigenvalue weighted by Crippen LogP contribution is 2.55. The first-order valence-corrected chi connectivity index (χ1v) is 47.8. The molecule has 0 spiro atoms.